The molecule has 1 amide bonds. The lowest BCUT2D eigenvalue weighted by atomic mass is 10.3. The zero-order chi connectivity index (χ0) is 14.8. The second-order valence-corrected chi connectivity index (χ2v) is 5.54. The summed E-state index contributed by atoms with van der Waals surface area (Å²) >= 11 is 7.30. The molecule has 2 heterocycles. The number of hydrogen-bond acceptors (Lipinski definition) is 5. The lowest BCUT2D eigenvalue weighted by molar-refractivity contribution is 0.102. The molecule has 2 aromatic heterocycles. The van der Waals surface area contributed by atoms with Crippen LogP contribution >= 0.6 is 22.9 Å². The van der Waals surface area contributed by atoms with Crippen LogP contribution < -0.4 is 5.32 Å². The van der Waals surface area contributed by atoms with E-state index in [9.17, 15) is 4.79 Å². The van der Waals surface area contributed by atoms with Crippen LogP contribution in [0.1, 0.15) is 16.2 Å². The second kappa shape index (κ2) is 5.63. The van der Waals surface area contributed by atoms with Crippen molar-refractivity contribution in [3.63, 3.8) is 0 Å². The van der Waals surface area contributed by atoms with Gasteiger partial charge in [0.15, 0.2) is 10.8 Å². The minimum atomic E-state index is -0.337. The van der Waals surface area contributed by atoms with Crippen molar-refractivity contribution in [2.75, 3.05) is 5.32 Å². The predicted molar refractivity (Wildman–Crippen MR) is 81.2 cm³/mol. The molecule has 8 heteroatoms. The summed E-state index contributed by atoms with van der Waals surface area (Å²) in [5, 5.41) is 13.5. The van der Waals surface area contributed by atoms with Crippen LogP contribution in [0.25, 0.3) is 5.69 Å². The number of hydrogen-bond donors (Lipinski definition) is 1. The van der Waals surface area contributed by atoms with Crippen molar-refractivity contribution < 1.29 is 4.79 Å². The Bertz CT molecular complexity index is 784. The van der Waals surface area contributed by atoms with Crippen LogP contribution in [0.15, 0.2) is 35.8 Å². The summed E-state index contributed by atoms with van der Waals surface area (Å²) in [5.74, 6) is -0.337. The molecule has 0 bridgehead atoms. The van der Waals surface area contributed by atoms with Crippen molar-refractivity contribution in [2.24, 2.45) is 0 Å². The molecule has 0 fully saturated rings. The van der Waals surface area contributed by atoms with Gasteiger partial charge in [0, 0.05) is 16.6 Å². The minimum absolute atomic E-state index is 0.255. The molecule has 3 rings (SSSR count). The number of nitrogens with one attached hydrogen (secondary N) is 1. The maximum atomic E-state index is 12.2. The zero-order valence-corrected chi connectivity index (χ0v) is 12.5. The van der Waals surface area contributed by atoms with E-state index in [1.54, 1.807) is 35.3 Å². The fraction of sp³-hybridized carbons (Fsp3) is 0.0769. The predicted octanol–water partition coefficient (Wildman–Crippen LogP) is 2.94. The summed E-state index contributed by atoms with van der Waals surface area (Å²) in [6.07, 6.45) is 1.62. The van der Waals surface area contributed by atoms with Gasteiger partial charge >= 0.3 is 0 Å². The Morgan fingerprint density at radius 1 is 1.43 bits per heavy atom. The van der Waals surface area contributed by atoms with E-state index in [1.165, 1.54) is 11.3 Å². The molecule has 21 heavy (non-hydrogen) atoms. The van der Waals surface area contributed by atoms with Gasteiger partial charge < -0.3 is 0 Å². The van der Waals surface area contributed by atoms with E-state index in [2.05, 4.69) is 20.6 Å². The molecule has 0 aliphatic carbocycles. The lowest BCUT2D eigenvalue weighted by Crippen LogP contribution is -2.14. The molecule has 0 aliphatic rings. The molecule has 1 N–H and O–H groups in total. The number of thiazole rings is 1. The Kier molecular flexibility index (Phi) is 3.68. The van der Waals surface area contributed by atoms with E-state index < -0.39 is 0 Å². The smallest absolute Gasteiger partial charge is 0.279 e. The minimum Gasteiger partial charge on any atom is -0.296 e. The van der Waals surface area contributed by atoms with E-state index in [1.807, 2.05) is 12.1 Å². The summed E-state index contributed by atoms with van der Waals surface area (Å²) < 4.78 is 1.57. The Morgan fingerprint density at radius 3 is 3.00 bits per heavy atom. The molecule has 0 spiro atoms. The van der Waals surface area contributed by atoms with Gasteiger partial charge in [0.2, 0.25) is 0 Å². The van der Waals surface area contributed by atoms with Crippen LogP contribution in [0, 0.1) is 6.92 Å². The molecular weight excluding hydrogens is 310 g/mol. The van der Waals surface area contributed by atoms with E-state index >= 15 is 0 Å². The van der Waals surface area contributed by atoms with Crippen LogP contribution in [0.2, 0.25) is 5.02 Å². The first kappa shape index (κ1) is 13.7. The maximum Gasteiger partial charge on any atom is 0.279 e. The number of nitrogens with zero attached hydrogens (tertiary/aromatic N) is 4. The van der Waals surface area contributed by atoms with Crippen LogP contribution in [0.5, 0.6) is 0 Å². The summed E-state index contributed by atoms with van der Waals surface area (Å²) in [5.41, 5.74) is 1.64. The summed E-state index contributed by atoms with van der Waals surface area (Å²) in [6.45, 7) is 1.78. The van der Waals surface area contributed by atoms with E-state index in [0.29, 0.717) is 15.8 Å². The molecule has 0 saturated heterocycles. The summed E-state index contributed by atoms with van der Waals surface area (Å²) in [4.78, 5) is 16.2. The third-order valence-corrected chi connectivity index (χ3v) is 3.74. The third kappa shape index (κ3) is 2.79. The Labute approximate surface area is 129 Å². The topological polar surface area (TPSA) is 72.7 Å². The van der Waals surface area contributed by atoms with Gasteiger partial charge in [-0.05, 0) is 25.1 Å². The third-order valence-electron chi connectivity index (χ3n) is 2.82. The highest BCUT2D eigenvalue weighted by Crippen LogP contribution is 2.18. The zero-order valence-electron chi connectivity index (χ0n) is 10.9. The Balaban J connectivity index is 1.90. The molecule has 1 aromatic carbocycles. The highest BCUT2D eigenvalue weighted by Gasteiger charge is 2.18. The summed E-state index contributed by atoms with van der Waals surface area (Å²) in [7, 11) is 0. The number of rotatable bonds is 3. The van der Waals surface area contributed by atoms with Gasteiger partial charge in [-0.2, -0.15) is 0 Å². The van der Waals surface area contributed by atoms with Crippen LogP contribution in [-0.4, -0.2) is 25.9 Å². The fourth-order valence-electron chi connectivity index (χ4n) is 1.83. The van der Waals surface area contributed by atoms with Crippen molar-refractivity contribution in [3.8, 4) is 5.69 Å². The van der Waals surface area contributed by atoms with Gasteiger partial charge in [0.05, 0.1) is 11.4 Å². The number of amides is 1. The standard InChI is InChI=1S/C13H10ClN5OS/c1-8-11(12(20)16-13-15-5-6-21-13)17-18-19(8)10-4-2-3-9(14)7-10/h2-7H,1H3,(H,15,16,20). The maximum absolute atomic E-state index is 12.2. The number of carbonyl (C=O) groups is 1. The van der Waals surface area contributed by atoms with Gasteiger partial charge in [0.1, 0.15) is 0 Å². The fourth-order valence-corrected chi connectivity index (χ4v) is 2.54. The Morgan fingerprint density at radius 2 is 2.29 bits per heavy atom. The quantitative estimate of drug-likeness (QED) is 0.805. The monoisotopic (exact) mass is 319 g/mol. The number of carbonyl (C=O) groups excluding carboxylic acids is 1. The SMILES string of the molecule is Cc1c(C(=O)Nc2nccs2)nnn1-c1cccc(Cl)c1. The lowest BCUT2D eigenvalue weighted by Gasteiger charge is -2.04. The van der Waals surface area contributed by atoms with Crippen molar-refractivity contribution in [1.29, 1.82) is 0 Å². The molecule has 6 nitrogen and oxygen atoms in total. The first-order chi connectivity index (χ1) is 10.1. The normalized spacial score (nSPS) is 10.6. The van der Waals surface area contributed by atoms with Gasteiger partial charge in [-0.1, -0.05) is 22.9 Å². The van der Waals surface area contributed by atoms with Crippen molar-refractivity contribution in [3.05, 3.63) is 52.3 Å². The number of aromatic nitrogens is 4. The van der Waals surface area contributed by atoms with Crippen molar-refractivity contribution in [1.82, 2.24) is 20.0 Å². The van der Waals surface area contributed by atoms with Gasteiger partial charge in [-0.25, -0.2) is 9.67 Å². The van der Waals surface area contributed by atoms with E-state index in [-0.39, 0.29) is 11.6 Å². The van der Waals surface area contributed by atoms with Crippen molar-refractivity contribution in [2.45, 2.75) is 6.92 Å². The number of benzene rings is 1. The number of halogens is 1. The highest BCUT2D eigenvalue weighted by molar-refractivity contribution is 7.13. The van der Waals surface area contributed by atoms with Crippen LogP contribution in [0.4, 0.5) is 5.13 Å². The second-order valence-electron chi connectivity index (χ2n) is 4.21. The first-order valence-electron chi connectivity index (χ1n) is 6.04. The molecule has 0 radical (unpaired) electrons. The molecule has 0 saturated carbocycles. The largest absolute Gasteiger partial charge is 0.296 e. The molecule has 106 valence electrons. The molecule has 0 unspecified atom stereocenters. The average Bonchev–Trinajstić information content (AvgIpc) is 3.08. The first-order valence-corrected chi connectivity index (χ1v) is 7.30. The molecular formula is C13H10ClN5OS. The van der Waals surface area contributed by atoms with Gasteiger partial charge in [-0.15, -0.1) is 16.4 Å². The van der Waals surface area contributed by atoms with Crippen LogP contribution in [0.3, 0.4) is 0 Å². The van der Waals surface area contributed by atoms with Gasteiger partial charge in [0.25, 0.3) is 5.91 Å². The van der Waals surface area contributed by atoms with E-state index in [4.69, 9.17) is 11.6 Å². The van der Waals surface area contributed by atoms with Gasteiger partial charge in [-0.3, -0.25) is 10.1 Å². The summed E-state index contributed by atoms with van der Waals surface area (Å²) in [6, 6.07) is 7.18. The molecule has 0 atom stereocenters. The van der Waals surface area contributed by atoms with Crippen LogP contribution in [-0.2, 0) is 0 Å². The van der Waals surface area contributed by atoms with Crippen molar-refractivity contribution >= 4 is 34.0 Å². The molecule has 0 aliphatic heterocycles. The highest BCUT2D eigenvalue weighted by atomic mass is 35.5. The van der Waals surface area contributed by atoms with E-state index in [0.717, 1.165) is 5.69 Å². The Hall–Kier alpha value is -2.25. The molecule has 3 aromatic rings. The average molecular weight is 320 g/mol. The number of anilines is 1.